The Morgan fingerprint density at radius 2 is 1.86 bits per heavy atom. The average Bonchev–Trinajstić information content (AvgIpc) is 2.69. The van der Waals surface area contributed by atoms with Gasteiger partial charge >= 0.3 is 0 Å². The standard InChI is InChI=1S/C21H21F2N5O/c1-28(2)8-7-13-3-5-15(6-4-13)25-12-20(27-24)16-9-14-10-17(22)18(23)11-19(14)26-21(16)29/h3-6,9-12,24-25H,7-8H2,1-2H3,(H,26,29)/b20-12-,27-24?. The Hall–Kier alpha value is -3.39. The highest BCUT2D eigenvalue weighted by Crippen LogP contribution is 2.20. The van der Waals surface area contributed by atoms with E-state index in [4.69, 9.17) is 5.53 Å². The molecule has 0 fully saturated rings. The number of rotatable bonds is 7. The zero-order chi connectivity index (χ0) is 21.0. The minimum Gasteiger partial charge on any atom is -0.360 e. The average molecular weight is 397 g/mol. The van der Waals surface area contributed by atoms with Crippen LogP contribution in [-0.4, -0.2) is 30.5 Å². The highest BCUT2D eigenvalue weighted by atomic mass is 19.2. The summed E-state index contributed by atoms with van der Waals surface area (Å²) >= 11 is 0. The van der Waals surface area contributed by atoms with E-state index in [9.17, 15) is 13.6 Å². The van der Waals surface area contributed by atoms with Gasteiger partial charge in [-0.2, -0.15) is 5.11 Å². The number of pyridine rings is 1. The number of H-pyrrole nitrogens is 1. The molecule has 0 atom stereocenters. The molecule has 3 rings (SSSR count). The Morgan fingerprint density at radius 1 is 1.17 bits per heavy atom. The second-order valence-corrected chi connectivity index (χ2v) is 6.90. The Labute approximate surface area is 166 Å². The van der Waals surface area contributed by atoms with Crippen molar-refractivity contribution in [2.24, 2.45) is 5.11 Å². The van der Waals surface area contributed by atoms with Crippen molar-refractivity contribution in [2.45, 2.75) is 6.42 Å². The van der Waals surface area contributed by atoms with Crippen molar-refractivity contribution in [3.8, 4) is 0 Å². The van der Waals surface area contributed by atoms with E-state index >= 15 is 0 Å². The van der Waals surface area contributed by atoms with Crippen LogP contribution >= 0.6 is 0 Å². The first kappa shape index (κ1) is 20.3. The second kappa shape index (κ2) is 8.74. The minimum absolute atomic E-state index is 0.0644. The van der Waals surface area contributed by atoms with Gasteiger partial charge in [-0.3, -0.25) is 4.79 Å². The molecular weight excluding hydrogens is 376 g/mol. The molecule has 6 nitrogen and oxygen atoms in total. The summed E-state index contributed by atoms with van der Waals surface area (Å²) in [6.07, 6.45) is 2.36. The molecule has 0 saturated carbocycles. The number of nitrogens with one attached hydrogen (secondary N) is 3. The first-order chi connectivity index (χ1) is 13.9. The number of aromatic nitrogens is 1. The summed E-state index contributed by atoms with van der Waals surface area (Å²) in [7, 11) is 4.04. The zero-order valence-corrected chi connectivity index (χ0v) is 16.1. The molecule has 0 amide bonds. The predicted octanol–water partition coefficient (Wildman–Crippen LogP) is 4.35. The normalized spacial score (nSPS) is 11.8. The number of benzene rings is 2. The number of fused-ring (bicyclic) bond motifs is 1. The van der Waals surface area contributed by atoms with Gasteiger partial charge in [0.1, 0.15) is 5.70 Å². The molecule has 0 radical (unpaired) electrons. The summed E-state index contributed by atoms with van der Waals surface area (Å²) in [6.45, 7) is 0.948. The number of anilines is 1. The third kappa shape index (κ3) is 4.91. The Kier molecular flexibility index (Phi) is 6.13. The van der Waals surface area contributed by atoms with E-state index in [0.717, 1.165) is 30.8 Å². The number of aromatic amines is 1. The van der Waals surface area contributed by atoms with Gasteiger partial charge in [0.25, 0.3) is 5.56 Å². The topological polar surface area (TPSA) is 84.3 Å². The Bertz CT molecular complexity index is 1120. The van der Waals surface area contributed by atoms with Gasteiger partial charge in [-0.15, -0.1) is 0 Å². The maximum absolute atomic E-state index is 13.5. The van der Waals surface area contributed by atoms with E-state index in [-0.39, 0.29) is 16.8 Å². The van der Waals surface area contributed by atoms with Crippen LogP contribution in [0.2, 0.25) is 0 Å². The van der Waals surface area contributed by atoms with E-state index < -0.39 is 17.2 Å². The van der Waals surface area contributed by atoms with Crippen molar-refractivity contribution in [3.63, 3.8) is 0 Å². The highest BCUT2D eigenvalue weighted by molar-refractivity contribution is 5.82. The molecular formula is C21H21F2N5O. The molecule has 3 N–H and O–H groups in total. The van der Waals surface area contributed by atoms with Crippen LogP contribution in [0.4, 0.5) is 14.5 Å². The fourth-order valence-electron chi connectivity index (χ4n) is 2.83. The van der Waals surface area contributed by atoms with Crippen molar-refractivity contribution < 1.29 is 8.78 Å². The van der Waals surface area contributed by atoms with Gasteiger partial charge in [0.2, 0.25) is 0 Å². The van der Waals surface area contributed by atoms with Gasteiger partial charge in [0, 0.05) is 29.9 Å². The molecule has 0 aliphatic carbocycles. The van der Waals surface area contributed by atoms with Crippen LogP contribution in [0.5, 0.6) is 0 Å². The second-order valence-electron chi connectivity index (χ2n) is 6.90. The largest absolute Gasteiger partial charge is 0.360 e. The lowest BCUT2D eigenvalue weighted by molar-refractivity contribution is 0.413. The molecule has 3 aromatic rings. The van der Waals surface area contributed by atoms with Crippen LogP contribution in [0.3, 0.4) is 0 Å². The van der Waals surface area contributed by atoms with Crippen LogP contribution < -0.4 is 10.9 Å². The van der Waals surface area contributed by atoms with Crippen molar-refractivity contribution in [3.05, 3.63) is 81.8 Å². The number of likely N-dealkylation sites (N-methyl/N-ethyl adjacent to an activating group) is 1. The lowest BCUT2D eigenvalue weighted by Crippen LogP contribution is -2.14. The van der Waals surface area contributed by atoms with Crippen LogP contribution in [0, 0.1) is 17.2 Å². The molecule has 1 heterocycles. The quantitative estimate of drug-likeness (QED) is 0.518. The third-order valence-corrected chi connectivity index (χ3v) is 4.46. The molecule has 8 heteroatoms. The van der Waals surface area contributed by atoms with Gasteiger partial charge in [-0.25, -0.2) is 14.3 Å². The maximum Gasteiger partial charge on any atom is 0.258 e. The van der Waals surface area contributed by atoms with Gasteiger partial charge in [-0.05, 0) is 50.3 Å². The zero-order valence-electron chi connectivity index (χ0n) is 16.1. The number of hydrogen-bond donors (Lipinski definition) is 3. The van der Waals surface area contributed by atoms with Gasteiger partial charge in [0.15, 0.2) is 11.6 Å². The Morgan fingerprint density at radius 3 is 2.52 bits per heavy atom. The minimum atomic E-state index is -1.04. The molecule has 0 aliphatic heterocycles. The Balaban J connectivity index is 1.84. The summed E-state index contributed by atoms with van der Waals surface area (Å²) in [5.74, 6) is -2.06. The van der Waals surface area contributed by atoms with E-state index in [1.165, 1.54) is 17.8 Å². The van der Waals surface area contributed by atoms with Crippen molar-refractivity contribution in [2.75, 3.05) is 26.0 Å². The molecule has 0 aliphatic rings. The number of hydrogen-bond acceptors (Lipinski definition) is 5. The van der Waals surface area contributed by atoms with Crippen LogP contribution in [0.25, 0.3) is 16.6 Å². The molecule has 2 aromatic carbocycles. The van der Waals surface area contributed by atoms with Crippen molar-refractivity contribution >= 4 is 22.3 Å². The fraction of sp³-hybridized carbons (Fsp3) is 0.190. The highest BCUT2D eigenvalue weighted by Gasteiger charge is 2.11. The molecule has 0 saturated heterocycles. The third-order valence-electron chi connectivity index (χ3n) is 4.46. The van der Waals surface area contributed by atoms with Crippen molar-refractivity contribution in [1.82, 2.24) is 9.88 Å². The van der Waals surface area contributed by atoms with E-state index in [2.05, 4.69) is 20.3 Å². The fourth-order valence-corrected chi connectivity index (χ4v) is 2.83. The first-order valence-electron chi connectivity index (χ1n) is 8.97. The molecule has 0 bridgehead atoms. The molecule has 29 heavy (non-hydrogen) atoms. The van der Waals surface area contributed by atoms with Gasteiger partial charge in [0.05, 0.1) is 11.1 Å². The molecule has 0 unspecified atom stereocenters. The van der Waals surface area contributed by atoms with E-state index in [0.29, 0.717) is 5.39 Å². The van der Waals surface area contributed by atoms with E-state index in [1.54, 1.807) is 0 Å². The molecule has 0 spiro atoms. The summed E-state index contributed by atoms with van der Waals surface area (Å²) in [5.41, 5.74) is 9.12. The maximum atomic E-state index is 13.5. The lowest BCUT2D eigenvalue weighted by atomic mass is 10.1. The van der Waals surface area contributed by atoms with Crippen molar-refractivity contribution in [1.29, 1.82) is 5.53 Å². The SMILES string of the molecule is CN(C)CCc1ccc(N/C=C(\N=N)c2cc3cc(F)c(F)cc3[nH]c2=O)cc1. The number of nitrogens with zero attached hydrogens (tertiary/aromatic N) is 2. The van der Waals surface area contributed by atoms with Gasteiger partial charge in [-0.1, -0.05) is 12.1 Å². The van der Waals surface area contributed by atoms with Crippen LogP contribution in [0.15, 0.2) is 58.6 Å². The molecule has 1 aromatic heterocycles. The summed E-state index contributed by atoms with van der Waals surface area (Å²) < 4.78 is 26.9. The first-order valence-corrected chi connectivity index (χ1v) is 8.97. The monoisotopic (exact) mass is 397 g/mol. The van der Waals surface area contributed by atoms with Crippen LogP contribution in [0.1, 0.15) is 11.1 Å². The smallest absolute Gasteiger partial charge is 0.258 e. The van der Waals surface area contributed by atoms with E-state index in [1.807, 2.05) is 38.4 Å². The molecule has 150 valence electrons. The summed E-state index contributed by atoms with van der Waals surface area (Å²) in [5, 5.41) is 6.72. The summed E-state index contributed by atoms with van der Waals surface area (Å²) in [4.78, 5) is 16.9. The number of halogens is 2. The van der Waals surface area contributed by atoms with Crippen LogP contribution in [-0.2, 0) is 6.42 Å². The predicted molar refractivity (Wildman–Crippen MR) is 110 cm³/mol. The summed E-state index contributed by atoms with van der Waals surface area (Å²) in [6, 6.07) is 11.1. The lowest BCUT2D eigenvalue weighted by Gasteiger charge is -2.10. The van der Waals surface area contributed by atoms with Gasteiger partial charge < -0.3 is 15.2 Å².